The van der Waals surface area contributed by atoms with Crippen molar-refractivity contribution in [1.29, 1.82) is 0 Å². The van der Waals surface area contributed by atoms with Gasteiger partial charge in [-0.3, -0.25) is 4.79 Å². The number of rotatable bonds is 6. The zero-order chi connectivity index (χ0) is 24.1. The number of nitrogen functional groups attached to an aromatic ring is 1. The summed E-state index contributed by atoms with van der Waals surface area (Å²) in [6.45, 7) is 2.72. The Morgan fingerprint density at radius 3 is 2.29 bits per heavy atom. The molecule has 1 heterocycles. The van der Waals surface area contributed by atoms with E-state index in [9.17, 15) is 18.0 Å². The quantitative estimate of drug-likeness (QED) is 0.498. The third-order valence-corrected chi connectivity index (χ3v) is 7.13. The number of carbonyl (C=O) groups excluding carboxylic acids is 1. The van der Waals surface area contributed by atoms with Crippen LogP contribution in [0.1, 0.15) is 44.1 Å². The Hall–Kier alpha value is -2.90. The predicted molar refractivity (Wildman–Crippen MR) is 130 cm³/mol. The van der Waals surface area contributed by atoms with Gasteiger partial charge in [0.25, 0.3) is 0 Å². The summed E-state index contributed by atoms with van der Waals surface area (Å²) in [7, 11) is 0. The van der Waals surface area contributed by atoms with Crippen LogP contribution >= 0.6 is 0 Å². The van der Waals surface area contributed by atoms with Crippen LogP contribution in [-0.2, 0) is 11.0 Å². The van der Waals surface area contributed by atoms with Crippen molar-refractivity contribution < 1.29 is 18.0 Å². The Kier molecular flexibility index (Phi) is 7.54. The van der Waals surface area contributed by atoms with Crippen molar-refractivity contribution in [2.75, 3.05) is 35.6 Å². The molecule has 0 radical (unpaired) electrons. The summed E-state index contributed by atoms with van der Waals surface area (Å²) in [5.74, 6) is 0.575. The average molecular weight is 475 g/mol. The van der Waals surface area contributed by atoms with Crippen molar-refractivity contribution in [1.82, 2.24) is 5.32 Å². The number of piperidine rings is 1. The summed E-state index contributed by atoms with van der Waals surface area (Å²) in [6, 6.07) is 14.4. The number of anilines is 3. The van der Waals surface area contributed by atoms with E-state index in [0.717, 1.165) is 57.7 Å². The van der Waals surface area contributed by atoms with Crippen molar-refractivity contribution in [2.45, 2.75) is 50.7 Å². The number of hydrogen-bond acceptors (Lipinski definition) is 4. The van der Waals surface area contributed by atoms with E-state index in [1.54, 1.807) is 6.07 Å². The highest BCUT2D eigenvalue weighted by Crippen LogP contribution is 2.36. The first kappa shape index (κ1) is 24.2. The van der Waals surface area contributed by atoms with Crippen LogP contribution < -0.4 is 21.3 Å². The summed E-state index contributed by atoms with van der Waals surface area (Å²) < 4.78 is 39.3. The molecule has 0 spiro atoms. The molecule has 1 saturated heterocycles. The van der Waals surface area contributed by atoms with Gasteiger partial charge in [-0.2, -0.15) is 13.2 Å². The monoisotopic (exact) mass is 474 g/mol. The van der Waals surface area contributed by atoms with E-state index >= 15 is 0 Å². The number of alkyl halides is 3. The number of carbonyl (C=O) groups is 1. The number of nitrogens with two attached hydrogens (primary N) is 1. The second-order valence-corrected chi connectivity index (χ2v) is 9.50. The smallest absolute Gasteiger partial charge is 0.398 e. The highest BCUT2D eigenvalue weighted by Gasteiger charge is 2.33. The van der Waals surface area contributed by atoms with Crippen LogP contribution in [0.2, 0.25) is 0 Å². The van der Waals surface area contributed by atoms with Crippen molar-refractivity contribution >= 4 is 23.0 Å². The molecule has 0 atom stereocenters. The summed E-state index contributed by atoms with van der Waals surface area (Å²) in [5.41, 5.74) is 6.06. The van der Waals surface area contributed by atoms with E-state index in [1.165, 1.54) is 11.8 Å². The maximum Gasteiger partial charge on any atom is 0.418 e. The molecule has 2 aliphatic rings. The molecule has 2 aromatic carbocycles. The van der Waals surface area contributed by atoms with Gasteiger partial charge in [-0.25, -0.2) is 0 Å². The molecule has 2 fully saturated rings. The van der Waals surface area contributed by atoms with E-state index in [4.69, 9.17) is 5.73 Å². The number of amides is 1. The molecular weight excluding hydrogens is 441 g/mol. The van der Waals surface area contributed by atoms with Crippen LogP contribution in [0.15, 0.2) is 48.5 Å². The van der Waals surface area contributed by atoms with E-state index in [1.807, 2.05) is 6.07 Å². The van der Waals surface area contributed by atoms with Gasteiger partial charge in [-0.05, 0) is 74.8 Å². The molecule has 0 unspecified atom stereocenters. The van der Waals surface area contributed by atoms with Crippen LogP contribution in [0.5, 0.6) is 0 Å². The van der Waals surface area contributed by atoms with Gasteiger partial charge in [0.05, 0.1) is 5.56 Å². The molecule has 1 saturated carbocycles. The van der Waals surface area contributed by atoms with Crippen molar-refractivity contribution in [3.05, 3.63) is 54.1 Å². The van der Waals surface area contributed by atoms with Crippen molar-refractivity contribution in [2.24, 2.45) is 11.8 Å². The zero-order valence-corrected chi connectivity index (χ0v) is 19.3. The second-order valence-electron chi connectivity index (χ2n) is 9.50. The molecule has 4 rings (SSSR count). The fourth-order valence-electron chi connectivity index (χ4n) is 5.05. The zero-order valence-electron chi connectivity index (χ0n) is 19.3. The van der Waals surface area contributed by atoms with Gasteiger partial charge in [0.2, 0.25) is 5.91 Å². The minimum absolute atomic E-state index is 0.0281. The van der Waals surface area contributed by atoms with Gasteiger partial charge >= 0.3 is 6.18 Å². The third kappa shape index (κ3) is 6.15. The molecule has 2 aromatic rings. The number of hydrogen-bond donors (Lipinski definition) is 3. The van der Waals surface area contributed by atoms with Gasteiger partial charge in [0, 0.05) is 48.7 Å². The Labute approximate surface area is 198 Å². The maximum atomic E-state index is 13.1. The summed E-state index contributed by atoms with van der Waals surface area (Å²) in [4.78, 5) is 15.1. The Balaban J connectivity index is 1.18. The first-order valence-corrected chi connectivity index (χ1v) is 12.1. The topological polar surface area (TPSA) is 70.4 Å². The fraction of sp³-hybridized carbons (Fsp3) is 0.500. The third-order valence-electron chi connectivity index (χ3n) is 7.13. The van der Waals surface area contributed by atoms with Crippen LogP contribution in [-0.4, -0.2) is 31.6 Å². The molecule has 184 valence electrons. The lowest BCUT2D eigenvalue weighted by atomic mass is 9.85. The Bertz CT molecular complexity index is 950. The first-order chi connectivity index (χ1) is 16.3. The fourth-order valence-corrected chi connectivity index (χ4v) is 5.05. The Morgan fingerprint density at radius 1 is 0.971 bits per heavy atom. The number of nitrogens with one attached hydrogen (secondary N) is 2. The van der Waals surface area contributed by atoms with Crippen LogP contribution in [0.25, 0.3) is 0 Å². The molecular formula is C26H33F3N4O. The number of halogens is 3. The van der Waals surface area contributed by atoms with E-state index in [2.05, 4.69) is 39.8 Å². The lowest BCUT2D eigenvalue weighted by Crippen LogP contribution is -2.41. The van der Waals surface area contributed by atoms with Crippen LogP contribution in [0.4, 0.5) is 30.2 Å². The molecule has 0 aromatic heterocycles. The van der Waals surface area contributed by atoms with Crippen molar-refractivity contribution in [3.8, 4) is 0 Å². The number of benzene rings is 2. The van der Waals surface area contributed by atoms with E-state index in [-0.39, 0.29) is 23.6 Å². The summed E-state index contributed by atoms with van der Waals surface area (Å²) in [5, 5.41) is 6.34. The van der Waals surface area contributed by atoms with Crippen LogP contribution in [0.3, 0.4) is 0 Å². The molecule has 1 amide bonds. The lowest BCUT2D eigenvalue weighted by Gasteiger charge is -2.34. The van der Waals surface area contributed by atoms with Gasteiger partial charge in [0.15, 0.2) is 0 Å². The normalized spacial score (nSPS) is 21.8. The summed E-state index contributed by atoms with van der Waals surface area (Å²) in [6.07, 6.45) is 0.614. The molecule has 5 nitrogen and oxygen atoms in total. The largest absolute Gasteiger partial charge is 0.418 e. The molecule has 1 aliphatic heterocycles. The Morgan fingerprint density at radius 2 is 1.65 bits per heavy atom. The molecule has 8 heteroatoms. The minimum atomic E-state index is -4.48. The van der Waals surface area contributed by atoms with E-state index in [0.29, 0.717) is 18.2 Å². The highest BCUT2D eigenvalue weighted by atomic mass is 19.4. The van der Waals surface area contributed by atoms with Crippen LogP contribution in [0, 0.1) is 11.8 Å². The van der Waals surface area contributed by atoms with Gasteiger partial charge in [-0.15, -0.1) is 0 Å². The molecule has 34 heavy (non-hydrogen) atoms. The van der Waals surface area contributed by atoms with Gasteiger partial charge in [-0.1, -0.05) is 18.2 Å². The lowest BCUT2D eigenvalue weighted by molar-refractivity contribution is -0.136. The minimum Gasteiger partial charge on any atom is -0.398 e. The van der Waals surface area contributed by atoms with E-state index < -0.39 is 11.7 Å². The maximum absolute atomic E-state index is 13.1. The highest BCUT2D eigenvalue weighted by molar-refractivity contribution is 5.78. The van der Waals surface area contributed by atoms with Gasteiger partial charge < -0.3 is 21.3 Å². The molecule has 4 N–H and O–H groups in total. The van der Waals surface area contributed by atoms with Gasteiger partial charge in [0.1, 0.15) is 0 Å². The number of nitrogens with zero attached hydrogens (tertiary/aromatic N) is 1. The number of para-hydroxylation sites is 1. The summed E-state index contributed by atoms with van der Waals surface area (Å²) >= 11 is 0. The standard InChI is InChI=1S/C26H33F3N4O/c27-26(28,29)23-16-21(10-11-24(23)30)32-20-8-6-19(7-9-20)25(34)31-17-18-12-14-33(15-13-18)22-4-2-1-3-5-22/h1-5,10-11,16,18-20,32H,6-9,12-15,17,30H2,(H,31,34). The predicted octanol–water partition coefficient (Wildman–Crippen LogP) is 5.29. The molecule has 1 aliphatic carbocycles. The van der Waals surface area contributed by atoms with Crippen molar-refractivity contribution in [3.63, 3.8) is 0 Å². The average Bonchev–Trinajstić information content (AvgIpc) is 2.84. The second kappa shape index (κ2) is 10.6. The molecule has 0 bridgehead atoms. The SMILES string of the molecule is Nc1ccc(NC2CCC(C(=O)NCC3CCN(c4ccccc4)CC3)CC2)cc1C(F)(F)F. The first-order valence-electron chi connectivity index (χ1n) is 12.1.